The van der Waals surface area contributed by atoms with Crippen molar-refractivity contribution in [1.29, 1.82) is 0 Å². The van der Waals surface area contributed by atoms with Crippen LogP contribution in [-0.4, -0.2) is 40.0 Å². The van der Waals surface area contributed by atoms with Crippen LogP contribution in [0.4, 0.5) is 5.13 Å². The first-order valence-corrected chi connectivity index (χ1v) is 11.4. The molecule has 1 aromatic heterocycles. The Morgan fingerprint density at radius 1 is 1.13 bits per heavy atom. The molecule has 1 N–H and O–H groups in total. The van der Waals surface area contributed by atoms with E-state index in [1.807, 2.05) is 31.2 Å². The number of aromatic nitrogens is 2. The number of nitrogens with zero attached hydrogens (tertiary/aromatic N) is 3. The summed E-state index contributed by atoms with van der Waals surface area (Å²) in [6.07, 6.45) is 0.959. The zero-order valence-electron chi connectivity index (χ0n) is 16.3. The number of nitrogens with one attached hydrogen (secondary N) is 1. The predicted octanol–water partition coefficient (Wildman–Crippen LogP) is 5.50. The molecule has 3 rings (SSSR count). The number of carbonyl (C=O) groups excluding carboxylic acids is 2. The zero-order valence-corrected chi connectivity index (χ0v) is 19.4. The fourth-order valence-corrected chi connectivity index (χ4v) is 4.01. The van der Waals surface area contributed by atoms with Gasteiger partial charge in [-0.25, -0.2) is 0 Å². The lowest BCUT2D eigenvalue weighted by Gasteiger charge is -2.22. The average molecular weight is 508 g/mol. The second kappa shape index (κ2) is 10.7. The number of hydrogen-bond donors (Lipinski definition) is 1. The van der Waals surface area contributed by atoms with Crippen molar-refractivity contribution in [3.63, 3.8) is 0 Å². The van der Waals surface area contributed by atoms with E-state index in [9.17, 15) is 9.59 Å². The summed E-state index contributed by atoms with van der Waals surface area (Å²) in [4.78, 5) is 26.8. The maximum Gasteiger partial charge on any atom is 0.253 e. The molecule has 0 fully saturated rings. The lowest BCUT2D eigenvalue weighted by atomic mass is 10.2. The fraction of sp³-hybridized carbons (Fsp3) is 0.238. The molecule has 30 heavy (non-hydrogen) atoms. The monoisotopic (exact) mass is 506 g/mol. The van der Waals surface area contributed by atoms with Gasteiger partial charge in [0.25, 0.3) is 5.91 Å². The largest absolute Gasteiger partial charge is 0.338 e. The van der Waals surface area contributed by atoms with E-state index in [1.54, 1.807) is 29.2 Å². The first-order valence-electron chi connectivity index (χ1n) is 9.40. The van der Waals surface area contributed by atoms with Gasteiger partial charge in [-0.05, 0) is 36.8 Å². The van der Waals surface area contributed by atoms with Crippen LogP contribution in [0.2, 0.25) is 5.02 Å². The van der Waals surface area contributed by atoms with Gasteiger partial charge in [0.2, 0.25) is 11.0 Å². The third-order valence-electron chi connectivity index (χ3n) is 4.22. The zero-order chi connectivity index (χ0) is 21.5. The Kier molecular flexibility index (Phi) is 7.95. The highest BCUT2D eigenvalue weighted by atomic mass is 79.9. The van der Waals surface area contributed by atoms with E-state index in [0.29, 0.717) is 28.8 Å². The summed E-state index contributed by atoms with van der Waals surface area (Å²) in [5.41, 5.74) is 1.44. The van der Waals surface area contributed by atoms with E-state index in [2.05, 4.69) is 31.4 Å². The number of benzene rings is 2. The average Bonchev–Trinajstić information content (AvgIpc) is 3.19. The van der Waals surface area contributed by atoms with Crippen LogP contribution in [0.5, 0.6) is 0 Å². The summed E-state index contributed by atoms with van der Waals surface area (Å²) < 4.78 is 0.980. The Morgan fingerprint density at radius 3 is 2.60 bits per heavy atom. The van der Waals surface area contributed by atoms with Gasteiger partial charge >= 0.3 is 0 Å². The van der Waals surface area contributed by atoms with E-state index < -0.39 is 0 Å². The number of anilines is 1. The Hall–Kier alpha value is -2.29. The normalized spacial score (nSPS) is 10.6. The van der Waals surface area contributed by atoms with Crippen molar-refractivity contribution in [2.75, 3.05) is 18.4 Å². The Morgan fingerprint density at radius 2 is 1.90 bits per heavy atom. The highest BCUT2D eigenvalue weighted by molar-refractivity contribution is 9.10. The van der Waals surface area contributed by atoms with Crippen LogP contribution < -0.4 is 5.32 Å². The van der Waals surface area contributed by atoms with Crippen LogP contribution in [0, 0.1) is 0 Å². The number of hydrogen-bond acceptors (Lipinski definition) is 5. The maximum absolute atomic E-state index is 12.8. The molecule has 9 heteroatoms. The van der Waals surface area contributed by atoms with Crippen molar-refractivity contribution in [3.8, 4) is 10.6 Å². The highest BCUT2D eigenvalue weighted by Crippen LogP contribution is 2.27. The fourth-order valence-electron chi connectivity index (χ4n) is 2.79. The molecule has 2 amide bonds. The molecule has 0 aliphatic carbocycles. The molecule has 6 nitrogen and oxygen atoms in total. The number of carbonyl (C=O) groups is 2. The molecule has 2 aromatic carbocycles. The van der Waals surface area contributed by atoms with Crippen LogP contribution in [0.1, 0.15) is 30.1 Å². The van der Waals surface area contributed by atoms with Gasteiger partial charge in [-0.2, -0.15) is 0 Å². The quantitative estimate of drug-likeness (QED) is 0.437. The molecule has 0 spiro atoms. The molecule has 0 saturated carbocycles. The Bertz CT molecular complexity index is 1030. The van der Waals surface area contributed by atoms with Gasteiger partial charge in [-0.1, -0.05) is 64.0 Å². The minimum atomic E-state index is -0.214. The van der Waals surface area contributed by atoms with Crippen LogP contribution in [0.3, 0.4) is 0 Å². The summed E-state index contributed by atoms with van der Waals surface area (Å²) in [5.74, 6) is -0.353. The van der Waals surface area contributed by atoms with Crippen LogP contribution in [0.25, 0.3) is 10.6 Å². The standard InChI is InChI=1S/C21H20BrClN4O2S/c1-2-11-27(20(29)15-4-3-5-17(23)13-15)12-10-18(28)24-21-26-25-19(30-21)14-6-8-16(22)9-7-14/h3-9,13H,2,10-12H2,1H3,(H,24,26,28). The van der Waals surface area contributed by atoms with Crippen LogP contribution >= 0.6 is 38.9 Å². The summed E-state index contributed by atoms with van der Waals surface area (Å²) in [5, 5.41) is 12.6. The van der Waals surface area contributed by atoms with Crippen LogP contribution in [-0.2, 0) is 4.79 Å². The lowest BCUT2D eigenvalue weighted by molar-refractivity contribution is -0.116. The van der Waals surface area contributed by atoms with Crippen LogP contribution in [0.15, 0.2) is 53.0 Å². The van der Waals surface area contributed by atoms with Gasteiger partial charge in [-0.15, -0.1) is 10.2 Å². The number of halogens is 2. The molecular weight excluding hydrogens is 488 g/mol. The van der Waals surface area contributed by atoms with Crippen molar-refractivity contribution < 1.29 is 9.59 Å². The van der Waals surface area contributed by atoms with E-state index in [1.165, 1.54) is 11.3 Å². The molecule has 0 radical (unpaired) electrons. The minimum Gasteiger partial charge on any atom is -0.338 e. The topological polar surface area (TPSA) is 75.2 Å². The number of amides is 2. The minimum absolute atomic E-state index is 0.138. The highest BCUT2D eigenvalue weighted by Gasteiger charge is 2.17. The molecular formula is C21H20BrClN4O2S. The Labute approximate surface area is 192 Å². The molecule has 0 bridgehead atoms. The third-order valence-corrected chi connectivity index (χ3v) is 5.88. The van der Waals surface area contributed by atoms with Crippen molar-refractivity contribution in [3.05, 3.63) is 63.6 Å². The molecule has 156 valence electrons. The molecule has 0 saturated heterocycles. The van der Waals surface area contributed by atoms with Gasteiger partial charge in [0.05, 0.1) is 0 Å². The molecule has 0 atom stereocenters. The summed E-state index contributed by atoms with van der Waals surface area (Å²) in [6, 6.07) is 14.5. The van der Waals surface area contributed by atoms with Gasteiger partial charge in [0.1, 0.15) is 5.01 Å². The summed E-state index contributed by atoms with van der Waals surface area (Å²) >= 11 is 10.7. The van der Waals surface area contributed by atoms with Crippen molar-refractivity contribution in [2.24, 2.45) is 0 Å². The van der Waals surface area contributed by atoms with E-state index in [-0.39, 0.29) is 18.2 Å². The Balaban J connectivity index is 1.58. The first-order chi connectivity index (χ1) is 14.5. The van der Waals surface area contributed by atoms with Gasteiger partial charge in [-0.3, -0.25) is 9.59 Å². The molecule has 1 heterocycles. The SMILES string of the molecule is CCCN(CCC(=O)Nc1nnc(-c2ccc(Br)cc2)s1)C(=O)c1cccc(Cl)c1. The van der Waals surface area contributed by atoms with Crippen molar-refractivity contribution in [1.82, 2.24) is 15.1 Å². The van der Waals surface area contributed by atoms with Gasteiger partial charge < -0.3 is 10.2 Å². The molecule has 0 aliphatic heterocycles. The lowest BCUT2D eigenvalue weighted by Crippen LogP contribution is -2.34. The predicted molar refractivity (Wildman–Crippen MR) is 124 cm³/mol. The summed E-state index contributed by atoms with van der Waals surface area (Å²) in [6.45, 7) is 2.86. The first kappa shape index (κ1) is 22.4. The smallest absolute Gasteiger partial charge is 0.253 e. The maximum atomic E-state index is 12.8. The second-order valence-corrected chi connectivity index (χ2v) is 8.85. The number of rotatable bonds is 8. The van der Waals surface area contributed by atoms with E-state index in [4.69, 9.17) is 11.6 Å². The van der Waals surface area contributed by atoms with Gasteiger partial charge in [0, 0.05) is 40.1 Å². The molecule has 0 unspecified atom stereocenters. The summed E-state index contributed by atoms with van der Waals surface area (Å²) in [7, 11) is 0. The van der Waals surface area contributed by atoms with Crippen molar-refractivity contribution >= 4 is 55.8 Å². The third kappa shape index (κ3) is 6.10. The second-order valence-electron chi connectivity index (χ2n) is 6.52. The van der Waals surface area contributed by atoms with Gasteiger partial charge in [0.15, 0.2) is 0 Å². The van der Waals surface area contributed by atoms with Crippen molar-refractivity contribution in [2.45, 2.75) is 19.8 Å². The van der Waals surface area contributed by atoms with E-state index in [0.717, 1.165) is 21.5 Å². The molecule has 3 aromatic rings. The van der Waals surface area contributed by atoms with E-state index >= 15 is 0 Å². The molecule has 0 aliphatic rings.